The minimum Gasteiger partial charge on any atom is -0.493 e. The lowest BCUT2D eigenvalue weighted by atomic mass is 10.0. The second-order valence-electron chi connectivity index (χ2n) is 4.98. The molecule has 0 amide bonds. The Balaban J connectivity index is 2.05. The number of ether oxygens (including phenoxy) is 1. The second kappa shape index (κ2) is 6.02. The molecule has 0 bridgehead atoms. The monoisotopic (exact) mass is 267 g/mol. The van der Waals surface area contributed by atoms with Gasteiger partial charge < -0.3 is 15.6 Å². The maximum atomic E-state index is 13.3. The van der Waals surface area contributed by atoms with Crippen LogP contribution < -0.4 is 10.5 Å². The van der Waals surface area contributed by atoms with E-state index in [4.69, 9.17) is 15.6 Å². The molecule has 0 radical (unpaired) electrons. The zero-order valence-electron chi connectivity index (χ0n) is 10.6. The van der Waals surface area contributed by atoms with Gasteiger partial charge >= 0.3 is 5.97 Å². The maximum Gasteiger partial charge on any atom is 0.303 e. The van der Waals surface area contributed by atoms with Gasteiger partial charge in [0.2, 0.25) is 0 Å². The Hall–Kier alpha value is -1.62. The number of benzene rings is 1. The highest BCUT2D eigenvalue weighted by Crippen LogP contribution is 2.32. The molecular formula is C14H18FNO3. The van der Waals surface area contributed by atoms with Crippen molar-refractivity contribution in [1.29, 1.82) is 0 Å². The van der Waals surface area contributed by atoms with Crippen molar-refractivity contribution in [3.8, 4) is 5.75 Å². The average Bonchev–Trinajstić information content (AvgIpc) is 3.18. The van der Waals surface area contributed by atoms with E-state index in [-0.39, 0.29) is 18.7 Å². The molecule has 19 heavy (non-hydrogen) atoms. The normalized spacial score (nSPS) is 16.1. The first kappa shape index (κ1) is 13.8. The molecule has 1 aliphatic carbocycles. The lowest BCUT2D eigenvalue weighted by Gasteiger charge is -2.16. The van der Waals surface area contributed by atoms with Gasteiger partial charge in [-0.15, -0.1) is 0 Å². The zero-order chi connectivity index (χ0) is 13.8. The van der Waals surface area contributed by atoms with Crippen molar-refractivity contribution >= 4 is 5.97 Å². The van der Waals surface area contributed by atoms with E-state index in [0.29, 0.717) is 23.8 Å². The van der Waals surface area contributed by atoms with Crippen LogP contribution in [0.3, 0.4) is 0 Å². The van der Waals surface area contributed by atoms with E-state index < -0.39 is 12.0 Å². The number of hydrogen-bond donors (Lipinski definition) is 2. The van der Waals surface area contributed by atoms with Gasteiger partial charge in [-0.2, -0.15) is 0 Å². The van der Waals surface area contributed by atoms with Crippen LogP contribution in [0.2, 0.25) is 0 Å². The van der Waals surface area contributed by atoms with Crippen LogP contribution in [0.1, 0.15) is 37.3 Å². The Morgan fingerprint density at radius 2 is 2.26 bits per heavy atom. The standard InChI is InChI=1S/C14H18FNO3/c15-10-3-5-13(19-8-9-1-2-9)11(7-10)12(16)4-6-14(17)18/h3,5,7,9,12H,1-2,4,6,8,16H2,(H,17,18). The Morgan fingerprint density at radius 1 is 1.53 bits per heavy atom. The van der Waals surface area contributed by atoms with Crippen molar-refractivity contribution in [3.05, 3.63) is 29.6 Å². The molecule has 1 fully saturated rings. The van der Waals surface area contributed by atoms with Crippen molar-refractivity contribution in [1.82, 2.24) is 0 Å². The van der Waals surface area contributed by atoms with E-state index in [0.717, 1.165) is 0 Å². The highest BCUT2D eigenvalue weighted by molar-refractivity contribution is 5.66. The average molecular weight is 267 g/mol. The Morgan fingerprint density at radius 3 is 2.89 bits per heavy atom. The van der Waals surface area contributed by atoms with Gasteiger partial charge in [-0.3, -0.25) is 4.79 Å². The lowest BCUT2D eigenvalue weighted by molar-refractivity contribution is -0.137. The number of aliphatic carboxylic acids is 1. The van der Waals surface area contributed by atoms with Gasteiger partial charge in [0.15, 0.2) is 0 Å². The molecule has 2 rings (SSSR count). The molecule has 0 saturated heterocycles. The third-order valence-electron chi connectivity index (χ3n) is 3.21. The molecule has 0 spiro atoms. The molecule has 1 aliphatic rings. The number of carbonyl (C=O) groups is 1. The van der Waals surface area contributed by atoms with Gasteiger partial charge in [-0.1, -0.05) is 0 Å². The van der Waals surface area contributed by atoms with Gasteiger partial charge in [0.1, 0.15) is 11.6 Å². The predicted molar refractivity (Wildman–Crippen MR) is 68.4 cm³/mol. The smallest absolute Gasteiger partial charge is 0.303 e. The quantitative estimate of drug-likeness (QED) is 0.796. The summed E-state index contributed by atoms with van der Waals surface area (Å²) < 4.78 is 18.9. The number of carboxylic acid groups (broad SMARTS) is 1. The van der Waals surface area contributed by atoms with Crippen LogP contribution in [-0.2, 0) is 4.79 Å². The molecule has 4 nitrogen and oxygen atoms in total. The van der Waals surface area contributed by atoms with Crippen molar-refractivity contribution in [2.45, 2.75) is 31.7 Å². The molecule has 1 unspecified atom stereocenters. The summed E-state index contributed by atoms with van der Waals surface area (Å²) in [4.78, 5) is 10.5. The summed E-state index contributed by atoms with van der Waals surface area (Å²) in [5.74, 6) is -0.147. The summed E-state index contributed by atoms with van der Waals surface area (Å²) in [6, 6.07) is 3.69. The maximum absolute atomic E-state index is 13.3. The number of carboxylic acids is 1. The number of nitrogens with two attached hydrogens (primary N) is 1. The van der Waals surface area contributed by atoms with Crippen LogP contribution in [0.25, 0.3) is 0 Å². The largest absolute Gasteiger partial charge is 0.493 e. The number of halogens is 1. The zero-order valence-corrected chi connectivity index (χ0v) is 10.6. The summed E-state index contributed by atoms with van der Waals surface area (Å²) in [6.45, 7) is 0.615. The highest BCUT2D eigenvalue weighted by Gasteiger charge is 2.23. The fourth-order valence-corrected chi connectivity index (χ4v) is 1.87. The first-order valence-corrected chi connectivity index (χ1v) is 6.46. The van der Waals surface area contributed by atoms with E-state index in [1.165, 1.54) is 25.0 Å². The molecule has 0 aromatic heterocycles. The van der Waals surface area contributed by atoms with E-state index in [1.54, 1.807) is 6.07 Å². The van der Waals surface area contributed by atoms with E-state index in [1.807, 2.05) is 0 Å². The summed E-state index contributed by atoms with van der Waals surface area (Å²) in [5.41, 5.74) is 6.47. The fourth-order valence-electron chi connectivity index (χ4n) is 1.87. The predicted octanol–water partition coefficient (Wildman–Crippen LogP) is 2.48. The molecule has 0 heterocycles. The molecule has 3 N–H and O–H groups in total. The minimum absolute atomic E-state index is 0.0419. The van der Waals surface area contributed by atoms with Crippen molar-refractivity contribution in [2.24, 2.45) is 11.7 Å². The molecule has 1 atom stereocenters. The molecule has 5 heteroatoms. The van der Waals surface area contributed by atoms with Crippen LogP contribution >= 0.6 is 0 Å². The minimum atomic E-state index is -0.910. The third-order valence-corrected chi connectivity index (χ3v) is 3.21. The number of hydrogen-bond acceptors (Lipinski definition) is 3. The highest BCUT2D eigenvalue weighted by atomic mass is 19.1. The Kier molecular flexibility index (Phi) is 4.37. The van der Waals surface area contributed by atoms with Gasteiger partial charge in [-0.25, -0.2) is 4.39 Å². The fraction of sp³-hybridized carbons (Fsp3) is 0.500. The van der Waals surface area contributed by atoms with Crippen molar-refractivity contribution < 1.29 is 19.0 Å². The first-order valence-electron chi connectivity index (χ1n) is 6.46. The molecule has 1 aromatic rings. The molecule has 104 valence electrons. The Bertz CT molecular complexity index is 460. The van der Waals surface area contributed by atoms with Gasteiger partial charge in [0.05, 0.1) is 6.61 Å². The van der Waals surface area contributed by atoms with Crippen molar-refractivity contribution in [3.63, 3.8) is 0 Å². The van der Waals surface area contributed by atoms with Crippen LogP contribution in [0.15, 0.2) is 18.2 Å². The van der Waals surface area contributed by atoms with E-state index >= 15 is 0 Å². The van der Waals surface area contributed by atoms with Crippen LogP contribution in [0.4, 0.5) is 4.39 Å². The number of rotatable bonds is 7. The van der Waals surface area contributed by atoms with Gasteiger partial charge in [0.25, 0.3) is 0 Å². The van der Waals surface area contributed by atoms with Crippen molar-refractivity contribution in [2.75, 3.05) is 6.61 Å². The first-order chi connectivity index (χ1) is 9.06. The lowest BCUT2D eigenvalue weighted by Crippen LogP contribution is -2.14. The summed E-state index contributed by atoms with van der Waals surface area (Å²) in [7, 11) is 0. The summed E-state index contributed by atoms with van der Waals surface area (Å²) in [6.07, 6.45) is 2.56. The molecular weight excluding hydrogens is 249 g/mol. The van der Waals surface area contributed by atoms with Crippen LogP contribution in [0, 0.1) is 11.7 Å². The van der Waals surface area contributed by atoms with Crippen LogP contribution in [0.5, 0.6) is 5.75 Å². The summed E-state index contributed by atoms with van der Waals surface area (Å²) >= 11 is 0. The molecule has 0 aliphatic heterocycles. The molecule has 1 aromatic carbocycles. The van der Waals surface area contributed by atoms with Gasteiger partial charge in [0, 0.05) is 18.0 Å². The van der Waals surface area contributed by atoms with E-state index in [9.17, 15) is 9.18 Å². The second-order valence-corrected chi connectivity index (χ2v) is 4.98. The van der Waals surface area contributed by atoms with Gasteiger partial charge in [-0.05, 0) is 43.4 Å². The SMILES string of the molecule is NC(CCC(=O)O)c1cc(F)ccc1OCC1CC1. The topological polar surface area (TPSA) is 72.6 Å². The molecule has 1 saturated carbocycles. The van der Waals surface area contributed by atoms with E-state index in [2.05, 4.69) is 0 Å². The third kappa shape index (κ3) is 4.21. The summed E-state index contributed by atoms with van der Waals surface area (Å²) in [5, 5.41) is 8.66. The van der Waals surface area contributed by atoms with Crippen LogP contribution in [-0.4, -0.2) is 17.7 Å². The Labute approximate surface area is 111 Å².